The summed E-state index contributed by atoms with van der Waals surface area (Å²) < 4.78 is 5.92. The normalized spacial score (nSPS) is 32.8. The third kappa shape index (κ3) is 3.93. The number of fused-ring (bicyclic) bond motifs is 1. The molecule has 0 aromatic heterocycles. The predicted octanol–water partition coefficient (Wildman–Crippen LogP) is 4.62. The predicted molar refractivity (Wildman–Crippen MR) is 68.6 cm³/mol. The molecular formula is C15H26O. The average Bonchev–Trinajstić information content (AvgIpc) is 2.30. The van der Waals surface area contributed by atoms with E-state index >= 15 is 0 Å². The van der Waals surface area contributed by atoms with Crippen molar-refractivity contribution < 1.29 is 4.74 Å². The molecule has 1 unspecified atom stereocenters. The van der Waals surface area contributed by atoms with E-state index in [2.05, 4.69) is 6.08 Å². The lowest BCUT2D eigenvalue weighted by atomic mass is 9.94. The van der Waals surface area contributed by atoms with Crippen molar-refractivity contribution >= 4 is 0 Å². The molecule has 0 aromatic rings. The van der Waals surface area contributed by atoms with Gasteiger partial charge in [-0.3, -0.25) is 0 Å². The Kier molecular flexibility index (Phi) is 5.41. The molecule has 0 spiro atoms. The molecule has 92 valence electrons. The van der Waals surface area contributed by atoms with Gasteiger partial charge in [-0.05, 0) is 37.7 Å². The van der Waals surface area contributed by atoms with Crippen molar-refractivity contribution in [1.29, 1.82) is 0 Å². The smallest absolute Gasteiger partial charge is 0.0785 e. The van der Waals surface area contributed by atoms with Gasteiger partial charge < -0.3 is 4.74 Å². The fourth-order valence-corrected chi connectivity index (χ4v) is 2.92. The van der Waals surface area contributed by atoms with Crippen LogP contribution in [0.2, 0.25) is 0 Å². The molecule has 0 saturated carbocycles. The van der Waals surface area contributed by atoms with E-state index in [0.29, 0.717) is 6.10 Å². The molecule has 1 saturated heterocycles. The van der Waals surface area contributed by atoms with Crippen LogP contribution in [0.25, 0.3) is 0 Å². The average molecular weight is 222 g/mol. The minimum atomic E-state index is 0.480. The van der Waals surface area contributed by atoms with E-state index in [9.17, 15) is 0 Å². The molecule has 0 aromatic carbocycles. The first-order valence-electron chi connectivity index (χ1n) is 7.27. The quantitative estimate of drug-likeness (QED) is 0.544. The maximum atomic E-state index is 5.92. The largest absolute Gasteiger partial charge is 0.374 e. The Morgan fingerprint density at radius 2 is 1.62 bits per heavy atom. The standard InChI is InChI=1S/C15H26O/c1-2-4-6-8-12-15-14(10-7-5-3-1)11-9-13-16-15/h10,15H,1-9,11-13H2/b14-10-. The van der Waals surface area contributed by atoms with Gasteiger partial charge in [-0.2, -0.15) is 0 Å². The second kappa shape index (κ2) is 7.11. The summed E-state index contributed by atoms with van der Waals surface area (Å²) in [5.74, 6) is 0. The van der Waals surface area contributed by atoms with Crippen molar-refractivity contribution in [1.82, 2.24) is 0 Å². The zero-order valence-corrected chi connectivity index (χ0v) is 10.5. The van der Waals surface area contributed by atoms with Crippen LogP contribution in [0.15, 0.2) is 11.6 Å². The number of allylic oxidation sites excluding steroid dienone is 1. The summed E-state index contributed by atoms with van der Waals surface area (Å²) in [6.07, 6.45) is 18.0. The Labute approximate surface area is 100 Å². The summed E-state index contributed by atoms with van der Waals surface area (Å²) in [4.78, 5) is 0. The van der Waals surface area contributed by atoms with Gasteiger partial charge in [0, 0.05) is 6.61 Å². The molecule has 0 bridgehead atoms. The zero-order chi connectivity index (χ0) is 11.1. The Hall–Kier alpha value is -0.300. The highest BCUT2D eigenvalue weighted by Gasteiger charge is 2.18. The minimum absolute atomic E-state index is 0.480. The van der Waals surface area contributed by atoms with E-state index in [1.165, 1.54) is 70.6 Å². The zero-order valence-electron chi connectivity index (χ0n) is 10.5. The molecule has 2 aliphatic rings. The summed E-state index contributed by atoms with van der Waals surface area (Å²) in [5.41, 5.74) is 1.62. The van der Waals surface area contributed by atoms with Crippen LogP contribution in [-0.4, -0.2) is 12.7 Å². The highest BCUT2D eigenvalue weighted by atomic mass is 16.5. The second-order valence-electron chi connectivity index (χ2n) is 5.29. The van der Waals surface area contributed by atoms with Crippen molar-refractivity contribution in [3.05, 3.63) is 11.6 Å². The van der Waals surface area contributed by atoms with Crippen LogP contribution in [0.1, 0.15) is 70.6 Å². The SMILES string of the molecule is C1=C2/CCCOC2CCCCCCCCC/1. The molecule has 0 radical (unpaired) electrons. The minimum Gasteiger partial charge on any atom is -0.374 e. The van der Waals surface area contributed by atoms with E-state index < -0.39 is 0 Å². The van der Waals surface area contributed by atoms with Crippen LogP contribution in [0.4, 0.5) is 0 Å². The van der Waals surface area contributed by atoms with Gasteiger partial charge in [0.1, 0.15) is 0 Å². The molecule has 1 heteroatoms. The highest BCUT2D eigenvalue weighted by molar-refractivity contribution is 5.10. The van der Waals surface area contributed by atoms with E-state index in [-0.39, 0.29) is 0 Å². The van der Waals surface area contributed by atoms with E-state index in [1.54, 1.807) is 5.57 Å². The number of rotatable bonds is 0. The summed E-state index contributed by atoms with van der Waals surface area (Å²) in [7, 11) is 0. The van der Waals surface area contributed by atoms with Crippen LogP contribution in [0.3, 0.4) is 0 Å². The lowest BCUT2D eigenvalue weighted by molar-refractivity contribution is 0.0456. The maximum absolute atomic E-state index is 5.92. The third-order valence-corrected chi connectivity index (χ3v) is 3.92. The van der Waals surface area contributed by atoms with Crippen LogP contribution < -0.4 is 0 Å². The topological polar surface area (TPSA) is 9.23 Å². The molecule has 1 nitrogen and oxygen atoms in total. The van der Waals surface area contributed by atoms with Gasteiger partial charge in [-0.25, -0.2) is 0 Å². The maximum Gasteiger partial charge on any atom is 0.0785 e. The number of hydrogen-bond donors (Lipinski definition) is 0. The molecule has 1 heterocycles. The Morgan fingerprint density at radius 1 is 0.875 bits per heavy atom. The second-order valence-corrected chi connectivity index (χ2v) is 5.29. The molecular weight excluding hydrogens is 196 g/mol. The van der Waals surface area contributed by atoms with Gasteiger partial charge in [0.05, 0.1) is 6.10 Å². The van der Waals surface area contributed by atoms with Crippen molar-refractivity contribution in [3.8, 4) is 0 Å². The van der Waals surface area contributed by atoms with Crippen molar-refractivity contribution in [2.45, 2.75) is 76.7 Å². The molecule has 1 fully saturated rings. The molecule has 2 rings (SSSR count). The Morgan fingerprint density at radius 3 is 2.50 bits per heavy atom. The van der Waals surface area contributed by atoms with Gasteiger partial charge in [0.2, 0.25) is 0 Å². The van der Waals surface area contributed by atoms with Crippen LogP contribution in [-0.2, 0) is 4.74 Å². The Bertz CT molecular complexity index is 219. The Balaban J connectivity index is 1.89. The summed E-state index contributed by atoms with van der Waals surface area (Å²) in [5, 5.41) is 0. The van der Waals surface area contributed by atoms with Crippen LogP contribution in [0, 0.1) is 0 Å². The highest BCUT2D eigenvalue weighted by Crippen LogP contribution is 2.26. The van der Waals surface area contributed by atoms with E-state index in [0.717, 1.165) is 6.61 Å². The van der Waals surface area contributed by atoms with E-state index in [1.807, 2.05) is 0 Å². The lowest BCUT2D eigenvalue weighted by Crippen LogP contribution is -2.22. The number of hydrogen-bond acceptors (Lipinski definition) is 1. The van der Waals surface area contributed by atoms with Gasteiger partial charge in [-0.15, -0.1) is 0 Å². The molecule has 1 aliphatic carbocycles. The van der Waals surface area contributed by atoms with Gasteiger partial charge >= 0.3 is 0 Å². The van der Waals surface area contributed by atoms with Crippen molar-refractivity contribution in [2.24, 2.45) is 0 Å². The number of ether oxygens (including phenoxy) is 1. The van der Waals surface area contributed by atoms with Crippen molar-refractivity contribution in [3.63, 3.8) is 0 Å². The van der Waals surface area contributed by atoms with Crippen LogP contribution in [0.5, 0.6) is 0 Å². The molecule has 1 aliphatic heterocycles. The summed E-state index contributed by atoms with van der Waals surface area (Å²) in [6, 6.07) is 0. The first kappa shape index (κ1) is 12.2. The fraction of sp³-hybridized carbons (Fsp3) is 0.867. The first-order valence-corrected chi connectivity index (χ1v) is 7.27. The fourth-order valence-electron chi connectivity index (χ4n) is 2.92. The van der Waals surface area contributed by atoms with E-state index in [4.69, 9.17) is 4.74 Å². The molecule has 0 N–H and O–H groups in total. The monoisotopic (exact) mass is 222 g/mol. The molecule has 16 heavy (non-hydrogen) atoms. The first-order chi connectivity index (χ1) is 7.97. The lowest BCUT2D eigenvalue weighted by Gasteiger charge is -2.26. The molecule has 0 amide bonds. The van der Waals surface area contributed by atoms with Gasteiger partial charge in [0.15, 0.2) is 0 Å². The van der Waals surface area contributed by atoms with Crippen LogP contribution >= 0.6 is 0 Å². The van der Waals surface area contributed by atoms with Crippen molar-refractivity contribution in [2.75, 3.05) is 6.61 Å². The summed E-state index contributed by atoms with van der Waals surface area (Å²) in [6.45, 7) is 0.988. The third-order valence-electron chi connectivity index (χ3n) is 3.92. The molecule has 1 atom stereocenters. The van der Waals surface area contributed by atoms with Gasteiger partial charge in [0.25, 0.3) is 0 Å². The van der Waals surface area contributed by atoms with Gasteiger partial charge in [-0.1, -0.05) is 44.6 Å². The summed E-state index contributed by atoms with van der Waals surface area (Å²) >= 11 is 0.